The summed E-state index contributed by atoms with van der Waals surface area (Å²) in [6.07, 6.45) is 3.60. The molecule has 1 aliphatic carbocycles. The summed E-state index contributed by atoms with van der Waals surface area (Å²) in [5.41, 5.74) is 2.73. The van der Waals surface area contributed by atoms with Crippen molar-refractivity contribution in [3.8, 4) is 0 Å². The molecule has 0 spiro atoms. The Morgan fingerprint density at radius 2 is 2.28 bits per heavy atom. The van der Waals surface area contributed by atoms with Crippen LogP contribution in [0, 0.1) is 11.7 Å². The first-order valence-electron chi connectivity index (χ1n) is 6.08. The van der Waals surface area contributed by atoms with Gasteiger partial charge >= 0.3 is 0 Å². The van der Waals surface area contributed by atoms with Gasteiger partial charge in [0.1, 0.15) is 5.82 Å². The molecular formula is C13H17FN2O2. The van der Waals surface area contributed by atoms with Crippen molar-refractivity contribution in [2.45, 2.75) is 25.9 Å². The van der Waals surface area contributed by atoms with Gasteiger partial charge in [-0.3, -0.25) is 10.2 Å². The molecule has 0 aliphatic heterocycles. The first-order valence-corrected chi connectivity index (χ1v) is 6.08. The van der Waals surface area contributed by atoms with Crippen LogP contribution in [0.25, 0.3) is 0 Å². The second-order valence-corrected chi connectivity index (χ2v) is 4.56. The van der Waals surface area contributed by atoms with Gasteiger partial charge in [-0.25, -0.2) is 10.2 Å². The number of nitrogens with one attached hydrogen (secondary N) is 1. The van der Waals surface area contributed by atoms with E-state index in [0.717, 1.165) is 12.3 Å². The molecule has 1 aromatic rings. The minimum absolute atomic E-state index is 0.185. The molecule has 1 amide bonds. The van der Waals surface area contributed by atoms with E-state index in [1.54, 1.807) is 0 Å². The molecule has 1 aromatic carbocycles. The number of amides is 1. The highest BCUT2D eigenvalue weighted by atomic mass is 19.1. The number of ether oxygens (including phenoxy) is 1. The fourth-order valence-corrected chi connectivity index (χ4v) is 1.75. The normalized spacial score (nSPS) is 14.6. The van der Waals surface area contributed by atoms with E-state index in [1.807, 2.05) is 5.43 Å². The maximum atomic E-state index is 13.5. The lowest BCUT2D eigenvalue weighted by molar-refractivity contribution is 0.0952. The number of nitrogen functional groups attached to an aromatic ring is 1. The molecule has 1 saturated carbocycles. The fraction of sp³-hybridized carbons (Fsp3) is 0.462. The minimum Gasteiger partial charge on any atom is -0.377 e. The van der Waals surface area contributed by atoms with E-state index in [0.29, 0.717) is 17.7 Å². The highest BCUT2D eigenvalue weighted by Crippen LogP contribution is 2.32. The second-order valence-electron chi connectivity index (χ2n) is 4.56. The van der Waals surface area contributed by atoms with Crippen molar-refractivity contribution in [1.29, 1.82) is 0 Å². The van der Waals surface area contributed by atoms with Crippen molar-refractivity contribution in [3.63, 3.8) is 0 Å². The van der Waals surface area contributed by atoms with Gasteiger partial charge < -0.3 is 4.74 Å². The van der Waals surface area contributed by atoms with Gasteiger partial charge in [0.25, 0.3) is 5.91 Å². The molecule has 1 fully saturated rings. The monoisotopic (exact) mass is 252 g/mol. The maximum absolute atomic E-state index is 13.5. The van der Waals surface area contributed by atoms with E-state index >= 15 is 0 Å². The van der Waals surface area contributed by atoms with Crippen LogP contribution in [0.4, 0.5) is 4.39 Å². The molecular weight excluding hydrogens is 235 g/mol. The van der Waals surface area contributed by atoms with Crippen LogP contribution >= 0.6 is 0 Å². The van der Waals surface area contributed by atoms with Crippen LogP contribution in [-0.4, -0.2) is 12.5 Å². The third kappa shape index (κ3) is 3.51. The van der Waals surface area contributed by atoms with Gasteiger partial charge in [0.05, 0.1) is 6.61 Å². The third-order valence-corrected chi connectivity index (χ3v) is 3.06. The number of carbonyl (C=O) groups is 1. The number of hydrogen-bond donors (Lipinski definition) is 2. The van der Waals surface area contributed by atoms with E-state index in [4.69, 9.17) is 10.6 Å². The molecule has 0 atom stereocenters. The van der Waals surface area contributed by atoms with E-state index < -0.39 is 5.91 Å². The zero-order valence-corrected chi connectivity index (χ0v) is 10.1. The highest BCUT2D eigenvalue weighted by Gasteiger charge is 2.20. The van der Waals surface area contributed by atoms with Gasteiger partial charge in [0, 0.05) is 17.7 Å². The molecule has 3 N–H and O–H groups in total. The Hall–Kier alpha value is -1.46. The zero-order chi connectivity index (χ0) is 13.0. The lowest BCUT2D eigenvalue weighted by Gasteiger charge is -2.07. The number of hydrazine groups is 1. The van der Waals surface area contributed by atoms with Crippen molar-refractivity contribution in [2.24, 2.45) is 11.8 Å². The van der Waals surface area contributed by atoms with E-state index in [2.05, 4.69) is 0 Å². The first kappa shape index (κ1) is 13.0. The lowest BCUT2D eigenvalue weighted by atomic mass is 10.1. The van der Waals surface area contributed by atoms with Crippen LogP contribution in [0.2, 0.25) is 0 Å². The molecule has 4 nitrogen and oxygen atoms in total. The number of benzene rings is 1. The summed E-state index contributed by atoms with van der Waals surface area (Å²) in [6.45, 7) is 0.821. The molecule has 18 heavy (non-hydrogen) atoms. The Labute approximate surface area is 105 Å². The largest absolute Gasteiger partial charge is 0.377 e. The average molecular weight is 252 g/mol. The summed E-state index contributed by atoms with van der Waals surface area (Å²) >= 11 is 0. The molecule has 0 radical (unpaired) electrons. The summed E-state index contributed by atoms with van der Waals surface area (Å²) < 4.78 is 18.9. The summed E-state index contributed by atoms with van der Waals surface area (Å²) in [4.78, 5) is 11.3. The minimum atomic E-state index is -0.436. The van der Waals surface area contributed by atoms with E-state index in [1.165, 1.54) is 31.0 Å². The molecule has 0 heterocycles. The van der Waals surface area contributed by atoms with Gasteiger partial charge in [-0.1, -0.05) is 12.8 Å². The first-order chi connectivity index (χ1) is 8.70. The standard InChI is InChI=1S/C13H17FN2O2/c14-12-4-3-10(13(17)16-15)7-11(12)8-18-6-5-9-1-2-9/h3-4,7,9H,1-2,5-6,8,15H2,(H,16,17). The fourth-order valence-electron chi connectivity index (χ4n) is 1.75. The number of rotatable bonds is 6. The Balaban J connectivity index is 1.90. The number of halogens is 1. The van der Waals surface area contributed by atoms with Gasteiger partial charge in [-0.2, -0.15) is 0 Å². The number of hydrogen-bond acceptors (Lipinski definition) is 3. The molecule has 5 heteroatoms. The predicted molar refractivity (Wildman–Crippen MR) is 65.1 cm³/mol. The van der Waals surface area contributed by atoms with Crippen LogP contribution in [0.3, 0.4) is 0 Å². The van der Waals surface area contributed by atoms with Crippen molar-refractivity contribution < 1.29 is 13.9 Å². The quantitative estimate of drug-likeness (QED) is 0.351. The van der Waals surface area contributed by atoms with Crippen LogP contribution in [0.15, 0.2) is 18.2 Å². The lowest BCUT2D eigenvalue weighted by Crippen LogP contribution is -2.30. The number of nitrogens with two attached hydrogens (primary N) is 1. The van der Waals surface area contributed by atoms with Gasteiger partial charge in [-0.15, -0.1) is 0 Å². The van der Waals surface area contributed by atoms with E-state index in [-0.39, 0.29) is 12.4 Å². The Kier molecular flexibility index (Phi) is 4.28. The SMILES string of the molecule is NNC(=O)c1ccc(F)c(COCCC2CC2)c1. The Morgan fingerprint density at radius 3 is 2.94 bits per heavy atom. The zero-order valence-electron chi connectivity index (χ0n) is 10.1. The molecule has 98 valence electrons. The molecule has 2 rings (SSSR count). The van der Waals surface area contributed by atoms with Crippen molar-refractivity contribution in [2.75, 3.05) is 6.61 Å². The summed E-state index contributed by atoms with van der Waals surface area (Å²) in [5.74, 6) is 5.02. The van der Waals surface area contributed by atoms with Crippen molar-refractivity contribution >= 4 is 5.91 Å². The van der Waals surface area contributed by atoms with Crippen LogP contribution in [0.1, 0.15) is 35.2 Å². The van der Waals surface area contributed by atoms with Crippen LogP contribution in [0.5, 0.6) is 0 Å². The van der Waals surface area contributed by atoms with Gasteiger partial charge in [0.15, 0.2) is 0 Å². The van der Waals surface area contributed by atoms with Crippen LogP contribution in [-0.2, 0) is 11.3 Å². The summed E-state index contributed by atoms with van der Waals surface area (Å²) in [6, 6.07) is 4.12. The molecule has 0 bridgehead atoms. The third-order valence-electron chi connectivity index (χ3n) is 3.06. The van der Waals surface area contributed by atoms with Gasteiger partial charge in [-0.05, 0) is 30.5 Å². The molecule has 0 saturated heterocycles. The molecule has 0 aromatic heterocycles. The predicted octanol–water partition coefficient (Wildman–Crippen LogP) is 1.75. The highest BCUT2D eigenvalue weighted by molar-refractivity contribution is 5.93. The second kappa shape index (κ2) is 5.93. The molecule has 0 unspecified atom stereocenters. The van der Waals surface area contributed by atoms with Crippen molar-refractivity contribution in [3.05, 3.63) is 35.1 Å². The van der Waals surface area contributed by atoms with Crippen LogP contribution < -0.4 is 11.3 Å². The Bertz CT molecular complexity index is 433. The smallest absolute Gasteiger partial charge is 0.265 e. The summed E-state index contributed by atoms with van der Waals surface area (Å²) in [7, 11) is 0. The number of carbonyl (C=O) groups excluding carboxylic acids is 1. The Morgan fingerprint density at radius 1 is 1.50 bits per heavy atom. The van der Waals surface area contributed by atoms with Gasteiger partial charge in [0.2, 0.25) is 0 Å². The van der Waals surface area contributed by atoms with Crippen molar-refractivity contribution in [1.82, 2.24) is 5.43 Å². The topological polar surface area (TPSA) is 64.3 Å². The molecule has 1 aliphatic rings. The summed E-state index contributed by atoms with van der Waals surface area (Å²) in [5, 5.41) is 0. The average Bonchev–Trinajstić information content (AvgIpc) is 3.19. The van der Waals surface area contributed by atoms with E-state index in [9.17, 15) is 9.18 Å². The maximum Gasteiger partial charge on any atom is 0.265 e.